The van der Waals surface area contributed by atoms with Crippen molar-refractivity contribution in [1.82, 2.24) is 4.98 Å². The lowest BCUT2D eigenvalue weighted by Gasteiger charge is -2.04. The zero-order chi connectivity index (χ0) is 16.2. The second kappa shape index (κ2) is 11.0. The molecule has 0 aliphatic rings. The maximum absolute atomic E-state index is 11.9. The summed E-state index contributed by atoms with van der Waals surface area (Å²) >= 11 is 1.25. The number of rotatable bonds is 11. The highest BCUT2D eigenvalue weighted by molar-refractivity contribution is 7.13. The van der Waals surface area contributed by atoms with Crippen molar-refractivity contribution in [3.63, 3.8) is 0 Å². The van der Waals surface area contributed by atoms with Gasteiger partial charge in [-0.25, -0.2) is 9.78 Å². The second-order valence-corrected chi connectivity index (χ2v) is 5.72. The molecule has 0 amide bonds. The molecule has 0 aliphatic carbocycles. The summed E-state index contributed by atoms with van der Waals surface area (Å²) in [5, 5.41) is 5.93. The van der Waals surface area contributed by atoms with Gasteiger partial charge in [-0.2, -0.15) is 0 Å². The lowest BCUT2D eigenvalue weighted by molar-refractivity contribution is -0.135. The zero-order valence-electron chi connectivity index (χ0n) is 13.3. The van der Waals surface area contributed by atoms with E-state index in [0.717, 1.165) is 12.8 Å². The number of aromatic nitrogens is 1. The summed E-state index contributed by atoms with van der Waals surface area (Å²) in [6.45, 7) is 4.69. The lowest BCUT2D eigenvalue weighted by atomic mass is 10.1. The summed E-state index contributed by atoms with van der Waals surface area (Å²) in [5.41, 5.74) is 6.05. The largest absolute Gasteiger partial charge is 0.461 e. The van der Waals surface area contributed by atoms with Gasteiger partial charge in [0.1, 0.15) is 12.3 Å². The third-order valence-electron chi connectivity index (χ3n) is 2.98. The van der Waals surface area contributed by atoms with Crippen LogP contribution < -0.4 is 5.73 Å². The first-order valence-corrected chi connectivity index (χ1v) is 8.65. The van der Waals surface area contributed by atoms with Gasteiger partial charge < -0.3 is 15.3 Å². The summed E-state index contributed by atoms with van der Waals surface area (Å²) in [4.78, 5) is 21.2. The zero-order valence-corrected chi connectivity index (χ0v) is 14.2. The highest BCUT2D eigenvalue weighted by Gasteiger charge is 2.19. The van der Waals surface area contributed by atoms with Gasteiger partial charge in [-0.15, -0.1) is 11.3 Å². The number of oxime groups is 1. The summed E-state index contributed by atoms with van der Waals surface area (Å²) < 4.78 is 4.96. The van der Waals surface area contributed by atoms with Crippen molar-refractivity contribution >= 4 is 28.1 Å². The van der Waals surface area contributed by atoms with Gasteiger partial charge in [0.2, 0.25) is 5.71 Å². The Morgan fingerprint density at radius 2 is 2.00 bits per heavy atom. The Morgan fingerprint density at radius 1 is 1.27 bits per heavy atom. The first-order chi connectivity index (χ1) is 10.7. The molecule has 7 heteroatoms. The predicted octanol–water partition coefficient (Wildman–Crippen LogP) is 3.37. The van der Waals surface area contributed by atoms with Gasteiger partial charge in [0.15, 0.2) is 5.13 Å². The monoisotopic (exact) mass is 327 g/mol. The quantitative estimate of drug-likeness (QED) is 0.291. The van der Waals surface area contributed by atoms with Gasteiger partial charge in [0.05, 0.1) is 6.61 Å². The van der Waals surface area contributed by atoms with Crippen LogP contribution in [0.1, 0.15) is 58.1 Å². The molecule has 1 aromatic rings. The molecule has 6 nitrogen and oxygen atoms in total. The number of anilines is 1. The molecule has 0 spiro atoms. The van der Waals surface area contributed by atoms with E-state index in [1.165, 1.54) is 37.0 Å². The molecule has 124 valence electrons. The number of nitrogen functional groups attached to an aromatic ring is 1. The minimum absolute atomic E-state index is 0.0702. The normalized spacial score (nSPS) is 11.5. The SMILES string of the molecule is CCCCCCCCO/N=C(\C(=O)OCC)c1csc(N)n1. The van der Waals surface area contributed by atoms with Gasteiger partial charge in [-0.1, -0.05) is 37.8 Å². The molecule has 0 radical (unpaired) electrons. The van der Waals surface area contributed by atoms with Crippen LogP contribution in [0.5, 0.6) is 0 Å². The maximum Gasteiger partial charge on any atom is 0.362 e. The fourth-order valence-electron chi connectivity index (χ4n) is 1.84. The van der Waals surface area contributed by atoms with E-state index < -0.39 is 5.97 Å². The molecule has 0 atom stereocenters. The minimum atomic E-state index is -0.546. The second-order valence-electron chi connectivity index (χ2n) is 4.83. The molecule has 1 aromatic heterocycles. The predicted molar refractivity (Wildman–Crippen MR) is 89.0 cm³/mol. The van der Waals surface area contributed by atoms with Crippen molar-refractivity contribution in [2.75, 3.05) is 18.9 Å². The van der Waals surface area contributed by atoms with E-state index in [0.29, 0.717) is 17.4 Å². The van der Waals surface area contributed by atoms with Gasteiger partial charge in [-0.05, 0) is 19.8 Å². The minimum Gasteiger partial charge on any atom is -0.461 e. The maximum atomic E-state index is 11.9. The number of nitrogens with zero attached hydrogens (tertiary/aromatic N) is 2. The molecular formula is C15H25N3O3S. The van der Waals surface area contributed by atoms with Crippen LogP contribution in [-0.2, 0) is 14.4 Å². The molecule has 0 unspecified atom stereocenters. The van der Waals surface area contributed by atoms with Crippen molar-refractivity contribution in [2.45, 2.75) is 52.4 Å². The Kier molecular flexibility index (Phi) is 9.21. The number of thiazole rings is 1. The molecular weight excluding hydrogens is 302 g/mol. The van der Waals surface area contributed by atoms with E-state index >= 15 is 0 Å². The molecule has 1 rings (SSSR count). The number of nitrogens with two attached hydrogens (primary N) is 1. The Labute approximate surface area is 135 Å². The molecule has 0 saturated carbocycles. The molecule has 0 aromatic carbocycles. The Bertz CT molecular complexity index is 474. The summed E-state index contributed by atoms with van der Waals surface area (Å²) in [6, 6.07) is 0. The van der Waals surface area contributed by atoms with Crippen LogP contribution in [-0.4, -0.2) is 29.9 Å². The van der Waals surface area contributed by atoms with Crippen LogP contribution in [0.15, 0.2) is 10.5 Å². The van der Waals surface area contributed by atoms with E-state index in [1.54, 1.807) is 12.3 Å². The van der Waals surface area contributed by atoms with Crippen LogP contribution in [0.2, 0.25) is 0 Å². The van der Waals surface area contributed by atoms with E-state index in [1.807, 2.05) is 0 Å². The summed E-state index contributed by atoms with van der Waals surface area (Å²) in [7, 11) is 0. The van der Waals surface area contributed by atoms with Crippen molar-refractivity contribution in [1.29, 1.82) is 0 Å². The highest BCUT2D eigenvalue weighted by atomic mass is 32.1. The third-order valence-corrected chi connectivity index (χ3v) is 3.65. The van der Waals surface area contributed by atoms with Crippen LogP contribution in [0.25, 0.3) is 0 Å². The van der Waals surface area contributed by atoms with Crippen LogP contribution >= 0.6 is 11.3 Å². The Morgan fingerprint density at radius 3 is 2.64 bits per heavy atom. The fourth-order valence-corrected chi connectivity index (χ4v) is 2.39. The summed E-state index contributed by atoms with van der Waals surface area (Å²) in [6.07, 6.45) is 6.99. The molecule has 0 fully saturated rings. The number of carbonyl (C=O) groups is 1. The van der Waals surface area contributed by atoms with E-state index in [2.05, 4.69) is 17.1 Å². The molecule has 2 N–H and O–H groups in total. The third kappa shape index (κ3) is 6.89. The topological polar surface area (TPSA) is 86.8 Å². The van der Waals surface area contributed by atoms with Gasteiger partial charge in [0.25, 0.3) is 0 Å². The van der Waals surface area contributed by atoms with Crippen molar-refractivity contribution in [2.24, 2.45) is 5.16 Å². The number of unbranched alkanes of at least 4 members (excludes halogenated alkanes) is 5. The number of hydrogen-bond donors (Lipinski definition) is 1. The first kappa shape index (κ1) is 18.4. The van der Waals surface area contributed by atoms with Gasteiger partial charge >= 0.3 is 5.97 Å². The number of ether oxygens (including phenoxy) is 1. The average Bonchev–Trinajstić information content (AvgIpc) is 2.92. The lowest BCUT2D eigenvalue weighted by Crippen LogP contribution is -2.20. The Balaban J connectivity index is 2.44. The molecule has 22 heavy (non-hydrogen) atoms. The fraction of sp³-hybridized carbons (Fsp3) is 0.667. The standard InChI is InChI=1S/C15H25N3O3S/c1-3-5-6-7-8-9-10-21-18-13(14(19)20-4-2)12-11-22-15(16)17-12/h11H,3-10H2,1-2H3,(H2,16,17)/b18-13-. The van der Waals surface area contributed by atoms with Crippen LogP contribution in [0.3, 0.4) is 0 Å². The molecule has 0 bridgehead atoms. The van der Waals surface area contributed by atoms with Gasteiger partial charge in [-0.3, -0.25) is 0 Å². The molecule has 1 heterocycles. The van der Waals surface area contributed by atoms with E-state index in [4.69, 9.17) is 15.3 Å². The first-order valence-electron chi connectivity index (χ1n) is 7.77. The number of esters is 1. The van der Waals surface area contributed by atoms with Crippen LogP contribution in [0, 0.1) is 0 Å². The van der Waals surface area contributed by atoms with Crippen LogP contribution in [0.4, 0.5) is 5.13 Å². The smallest absolute Gasteiger partial charge is 0.362 e. The molecule has 0 saturated heterocycles. The van der Waals surface area contributed by atoms with E-state index in [-0.39, 0.29) is 12.3 Å². The van der Waals surface area contributed by atoms with Crippen molar-refractivity contribution in [3.8, 4) is 0 Å². The molecule has 0 aliphatic heterocycles. The summed E-state index contributed by atoms with van der Waals surface area (Å²) in [5.74, 6) is -0.546. The average molecular weight is 327 g/mol. The van der Waals surface area contributed by atoms with Gasteiger partial charge in [0, 0.05) is 5.38 Å². The highest BCUT2D eigenvalue weighted by Crippen LogP contribution is 2.13. The Hall–Kier alpha value is -1.63. The van der Waals surface area contributed by atoms with Crippen molar-refractivity contribution < 1.29 is 14.4 Å². The van der Waals surface area contributed by atoms with Crippen molar-refractivity contribution in [3.05, 3.63) is 11.1 Å². The van der Waals surface area contributed by atoms with E-state index in [9.17, 15) is 4.79 Å². The number of hydrogen-bond acceptors (Lipinski definition) is 7. The number of carbonyl (C=O) groups excluding carboxylic acids is 1.